The van der Waals surface area contributed by atoms with Crippen molar-refractivity contribution in [3.63, 3.8) is 0 Å². The SMILES string of the molecule is Cc1ccccc1Cc1nc(-c2ccc(N)cc2)cc(=O)[nH]1. The minimum atomic E-state index is -0.148. The van der Waals surface area contributed by atoms with E-state index in [0.717, 1.165) is 11.1 Å². The van der Waals surface area contributed by atoms with Crippen LogP contribution in [0.4, 0.5) is 5.69 Å². The van der Waals surface area contributed by atoms with E-state index < -0.39 is 0 Å². The van der Waals surface area contributed by atoms with Crippen molar-refractivity contribution in [3.05, 3.63) is 81.9 Å². The summed E-state index contributed by atoms with van der Waals surface area (Å²) in [7, 11) is 0. The molecule has 0 saturated heterocycles. The van der Waals surface area contributed by atoms with Crippen LogP contribution in [0.2, 0.25) is 0 Å². The van der Waals surface area contributed by atoms with Gasteiger partial charge in [-0.15, -0.1) is 0 Å². The van der Waals surface area contributed by atoms with E-state index in [9.17, 15) is 4.79 Å². The van der Waals surface area contributed by atoms with Crippen LogP contribution in [0.5, 0.6) is 0 Å². The van der Waals surface area contributed by atoms with Gasteiger partial charge in [0.25, 0.3) is 5.56 Å². The Balaban J connectivity index is 1.98. The van der Waals surface area contributed by atoms with Crippen LogP contribution in [-0.4, -0.2) is 9.97 Å². The molecule has 0 unspecified atom stereocenters. The van der Waals surface area contributed by atoms with Crippen molar-refractivity contribution in [2.24, 2.45) is 0 Å². The van der Waals surface area contributed by atoms with Gasteiger partial charge in [0.2, 0.25) is 0 Å². The van der Waals surface area contributed by atoms with Crippen molar-refractivity contribution >= 4 is 5.69 Å². The second-order valence-electron chi connectivity index (χ2n) is 5.30. The Hall–Kier alpha value is -2.88. The smallest absolute Gasteiger partial charge is 0.251 e. The van der Waals surface area contributed by atoms with Crippen LogP contribution in [0.1, 0.15) is 17.0 Å². The average molecular weight is 291 g/mol. The van der Waals surface area contributed by atoms with Gasteiger partial charge in [-0.25, -0.2) is 4.98 Å². The first-order valence-corrected chi connectivity index (χ1v) is 7.12. The van der Waals surface area contributed by atoms with Crippen molar-refractivity contribution < 1.29 is 0 Å². The van der Waals surface area contributed by atoms with E-state index in [1.807, 2.05) is 30.3 Å². The number of hydrogen-bond donors (Lipinski definition) is 2. The van der Waals surface area contributed by atoms with Gasteiger partial charge >= 0.3 is 0 Å². The van der Waals surface area contributed by atoms with Crippen LogP contribution in [0.3, 0.4) is 0 Å². The lowest BCUT2D eigenvalue weighted by atomic mass is 10.1. The molecule has 22 heavy (non-hydrogen) atoms. The summed E-state index contributed by atoms with van der Waals surface area (Å²) < 4.78 is 0. The molecule has 3 aromatic rings. The summed E-state index contributed by atoms with van der Waals surface area (Å²) in [6, 6.07) is 16.9. The molecule has 4 nitrogen and oxygen atoms in total. The van der Waals surface area contributed by atoms with E-state index in [2.05, 4.69) is 23.0 Å². The lowest BCUT2D eigenvalue weighted by Crippen LogP contribution is -2.12. The third kappa shape index (κ3) is 3.06. The summed E-state index contributed by atoms with van der Waals surface area (Å²) in [6.45, 7) is 2.05. The molecule has 110 valence electrons. The molecular formula is C18H17N3O. The molecule has 0 aliphatic heterocycles. The van der Waals surface area contributed by atoms with Gasteiger partial charge in [0, 0.05) is 23.7 Å². The summed E-state index contributed by atoms with van der Waals surface area (Å²) in [4.78, 5) is 19.3. The fourth-order valence-corrected chi connectivity index (χ4v) is 2.38. The Morgan fingerprint density at radius 1 is 1.09 bits per heavy atom. The highest BCUT2D eigenvalue weighted by molar-refractivity contribution is 5.61. The van der Waals surface area contributed by atoms with Crippen molar-refractivity contribution in [2.75, 3.05) is 5.73 Å². The largest absolute Gasteiger partial charge is 0.399 e. The quantitative estimate of drug-likeness (QED) is 0.729. The first-order valence-electron chi connectivity index (χ1n) is 7.12. The van der Waals surface area contributed by atoms with Gasteiger partial charge in [-0.05, 0) is 30.2 Å². The zero-order chi connectivity index (χ0) is 15.5. The Kier molecular flexibility index (Phi) is 3.74. The highest BCUT2D eigenvalue weighted by atomic mass is 16.1. The molecule has 0 atom stereocenters. The fourth-order valence-electron chi connectivity index (χ4n) is 2.38. The van der Waals surface area contributed by atoms with Gasteiger partial charge in [-0.3, -0.25) is 4.79 Å². The Labute approximate surface area is 128 Å². The number of nitrogens with zero attached hydrogens (tertiary/aromatic N) is 1. The number of H-pyrrole nitrogens is 1. The number of rotatable bonds is 3. The molecule has 0 radical (unpaired) electrons. The monoisotopic (exact) mass is 291 g/mol. The summed E-state index contributed by atoms with van der Waals surface area (Å²) in [5.74, 6) is 0.661. The van der Waals surface area contributed by atoms with Crippen LogP contribution in [0.15, 0.2) is 59.4 Å². The fraction of sp³-hybridized carbons (Fsp3) is 0.111. The first-order chi connectivity index (χ1) is 10.6. The van der Waals surface area contributed by atoms with Crippen LogP contribution in [-0.2, 0) is 6.42 Å². The number of aromatic amines is 1. The highest BCUT2D eigenvalue weighted by Crippen LogP contribution is 2.18. The van der Waals surface area contributed by atoms with Gasteiger partial charge in [-0.1, -0.05) is 36.4 Å². The first kappa shape index (κ1) is 14.1. The van der Waals surface area contributed by atoms with E-state index in [4.69, 9.17) is 5.73 Å². The molecule has 2 aromatic carbocycles. The predicted octanol–water partition coefficient (Wildman–Crippen LogP) is 2.92. The number of nitrogen functional groups attached to an aromatic ring is 1. The number of aryl methyl sites for hydroxylation is 1. The summed E-state index contributed by atoms with van der Waals surface area (Å²) in [5.41, 5.74) is 10.1. The Bertz CT molecular complexity index is 851. The molecule has 0 bridgehead atoms. The molecule has 0 saturated carbocycles. The molecule has 0 spiro atoms. The van der Waals surface area contributed by atoms with Gasteiger partial charge < -0.3 is 10.7 Å². The molecule has 1 aromatic heterocycles. The van der Waals surface area contributed by atoms with E-state index in [-0.39, 0.29) is 5.56 Å². The number of nitrogens with two attached hydrogens (primary N) is 1. The summed E-state index contributed by atoms with van der Waals surface area (Å²) in [6.07, 6.45) is 0.602. The maximum atomic E-state index is 11.9. The predicted molar refractivity (Wildman–Crippen MR) is 88.7 cm³/mol. The Morgan fingerprint density at radius 3 is 2.55 bits per heavy atom. The maximum Gasteiger partial charge on any atom is 0.251 e. The van der Waals surface area contributed by atoms with Crippen LogP contribution in [0, 0.1) is 6.92 Å². The number of aromatic nitrogens is 2. The van der Waals surface area contributed by atoms with Gasteiger partial charge in [-0.2, -0.15) is 0 Å². The standard InChI is InChI=1S/C18H17N3O/c1-12-4-2-3-5-14(12)10-17-20-16(11-18(22)21-17)13-6-8-15(19)9-7-13/h2-9,11H,10,19H2,1H3,(H,20,21,22). The van der Waals surface area contributed by atoms with E-state index in [0.29, 0.717) is 23.6 Å². The number of nitrogens with one attached hydrogen (secondary N) is 1. The van der Waals surface area contributed by atoms with E-state index in [1.54, 1.807) is 12.1 Å². The molecule has 3 N–H and O–H groups in total. The van der Waals surface area contributed by atoms with E-state index in [1.165, 1.54) is 11.6 Å². The van der Waals surface area contributed by atoms with Crippen LogP contribution in [0.25, 0.3) is 11.3 Å². The summed E-state index contributed by atoms with van der Waals surface area (Å²) >= 11 is 0. The van der Waals surface area contributed by atoms with Crippen molar-refractivity contribution in [1.29, 1.82) is 0 Å². The molecule has 3 rings (SSSR count). The van der Waals surface area contributed by atoms with Crippen LogP contribution < -0.4 is 11.3 Å². The topological polar surface area (TPSA) is 71.8 Å². The third-order valence-corrected chi connectivity index (χ3v) is 3.62. The molecule has 0 aliphatic carbocycles. The van der Waals surface area contributed by atoms with Crippen molar-refractivity contribution in [3.8, 4) is 11.3 Å². The summed E-state index contributed by atoms with van der Waals surface area (Å²) in [5, 5.41) is 0. The second-order valence-corrected chi connectivity index (χ2v) is 5.30. The Morgan fingerprint density at radius 2 is 1.82 bits per heavy atom. The molecule has 0 amide bonds. The van der Waals surface area contributed by atoms with E-state index >= 15 is 0 Å². The van der Waals surface area contributed by atoms with Gasteiger partial charge in [0.05, 0.1) is 5.69 Å². The highest BCUT2D eigenvalue weighted by Gasteiger charge is 2.06. The molecule has 4 heteroatoms. The molecular weight excluding hydrogens is 274 g/mol. The minimum absolute atomic E-state index is 0.148. The number of anilines is 1. The third-order valence-electron chi connectivity index (χ3n) is 3.62. The van der Waals surface area contributed by atoms with Gasteiger partial charge in [0.15, 0.2) is 0 Å². The zero-order valence-corrected chi connectivity index (χ0v) is 12.3. The average Bonchev–Trinajstić information content (AvgIpc) is 2.50. The zero-order valence-electron chi connectivity index (χ0n) is 12.3. The normalized spacial score (nSPS) is 10.6. The van der Waals surface area contributed by atoms with Crippen molar-refractivity contribution in [1.82, 2.24) is 9.97 Å². The molecule has 0 fully saturated rings. The lowest BCUT2D eigenvalue weighted by molar-refractivity contribution is 0.944. The van der Waals surface area contributed by atoms with Crippen LogP contribution >= 0.6 is 0 Å². The number of benzene rings is 2. The molecule has 1 heterocycles. The van der Waals surface area contributed by atoms with Gasteiger partial charge in [0.1, 0.15) is 5.82 Å². The second kappa shape index (κ2) is 5.85. The number of hydrogen-bond acceptors (Lipinski definition) is 3. The van der Waals surface area contributed by atoms with Crippen molar-refractivity contribution in [2.45, 2.75) is 13.3 Å². The minimum Gasteiger partial charge on any atom is -0.399 e. The molecule has 0 aliphatic rings. The lowest BCUT2D eigenvalue weighted by Gasteiger charge is -2.07. The maximum absolute atomic E-state index is 11.9.